The Bertz CT molecular complexity index is 840. The van der Waals surface area contributed by atoms with Crippen molar-refractivity contribution in [2.75, 3.05) is 31.1 Å². The molecule has 1 fully saturated rings. The number of amides is 1. The summed E-state index contributed by atoms with van der Waals surface area (Å²) in [6.07, 6.45) is 1.71. The van der Waals surface area contributed by atoms with Crippen LogP contribution in [0.3, 0.4) is 0 Å². The minimum atomic E-state index is 0.0902. The molecule has 1 aromatic heterocycles. The molecule has 0 bridgehead atoms. The number of benzene rings is 2. The van der Waals surface area contributed by atoms with Gasteiger partial charge in [0.2, 0.25) is 0 Å². The largest absolute Gasteiger partial charge is 0.368 e. The molecular weight excluding hydrogens is 330 g/mol. The SMILES string of the molecule is O=C(c1cnc(-c2ccccc2)s1)N1CCN(c2ccccc2)CC1. The van der Waals surface area contributed by atoms with Crippen LogP contribution in [0.25, 0.3) is 10.6 Å². The zero-order valence-electron chi connectivity index (χ0n) is 13.8. The van der Waals surface area contributed by atoms with Crippen LogP contribution in [-0.2, 0) is 0 Å². The van der Waals surface area contributed by atoms with Gasteiger partial charge in [0, 0.05) is 37.4 Å². The molecule has 25 heavy (non-hydrogen) atoms. The predicted octanol–water partition coefficient (Wildman–Crippen LogP) is 3.77. The highest BCUT2D eigenvalue weighted by Crippen LogP contribution is 2.26. The topological polar surface area (TPSA) is 36.4 Å². The molecule has 1 amide bonds. The smallest absolute Gasteiger partial charge is 0.265 e. The molecule has 0 N–H and O–H groups in total. The van der Waals surface area contributed by atoms with Crippen molar-refractivity contribution >= 4 is 22.9 Å². The number of anilines is 1. The highest BCUT2D eigenvalue weighted by Gasteiger charge is 2.23. The van der Waals surface area contributed by atoms with E-state index in [4.69, 9.17) is 0 Å². The average molecular weight is 349 g/mol. The normalized spacial score (nSPS) is 14.6. The van der Waals surface area contributed by atoms with Crippen molar-refractivity contribution < 1.29 is 4.79 Å². The minimum Gasteiger partial charge on any atom is -0.368 e. The Labute approximate surface area is 151 Å². The second-order valence-electron chi connectivity index (χ2n) is 6.01. The average Bonchev–Trinajstić information content (AvgIpc) is 3.19. The molecule has 1 aliphatic rings. The first-order chi connectivity index (χ1) is 12.3. The van der Waals surface area contributed by atoms with Crippen molar-refractivity contribution in [1.82, 2.24) is 9.88 Å². The minimum absolute atomic E-state index is 0.0902. The molecule has 2 heterocycles. The fourth-order valence-electron chi connectivity index (χ4n) is 3.05. The Morgan fingerprint density at radius 3 is 2.20 bits per heavy atom. The number of nitrogens with zero attached hydrogens (tertiary/aromatic N) is 3. The van der Waals surface area contributed by atoms with Gasteiger partial charge in [-0.25, -0.2) is 4.98 Å². The number of piperazine rings is 1. The van der Waals surface area contributed by atoms with Gasteiger partial charge < -0.3 is 9.80 Å². The monoisotopic (exact) mass is 349 g/mol. The number of carbonyl (C=O) groups is 1. The lowest BCUT2D eigenvalue weighted by atomic mass is 10.2. The van der Waals surface area contributed by atoms with E-state index in [1.807, 2.05) is 41.3 Å². The van der Waals surface area contributed by atoms with Crippen LogP contribution in [0, 0.1) is 0 Å². The van der Waals surface area contributed by atoms with Gasteiger partial charge in [0.1, 0.15) is 9.88 Å². The van der Waals surface area contributed by atoms with Crippen LogP contribution in [-0.4, -0.2) is 42.0 Å². The van der Waals surface area contributed by atoms with Crippen molar-refractivity contribution in [2.24, 2.45) is 0 Å². The molecule has 2 aromatic carbocycles. The van der Waals surface area contributed by atoms with Crippen LogP contribution in [0.5, 0.6) is 0 Å². The zero-order valence-corrected chi connectivity index (χ0v) is 14.7. The molecule has 0 radical (unpaired) electrons. The number of rotatable bonds is 3. The van der Waals surface area contributed by atoms with Crippen molar-refractivity contribution in [1.29, 1.82) is 0 Å². The third kappa shape index (κ3) is 3.42. The van der Waals surface area contributed by atoms with E-state index in [0.717, 1.165) is 36.8 Å². The standard InChI is InChI=1S/C20H19N3OS/c24-20(18-15-21-19(25-18)16-7-3-1-4-8-16)23-13-11-22(12-14-23)17-9-5-2-6-10-17/h1-10,15H,11-14H2. The van der Waals surface area contributed by atoms with E-state index in [-0.39, 0.29) is 5.91 Å². The summed E-state index contributed by atoms with van der Waals surface area (Å²) in [7, 11) is 0. The quantitative estimate of drug-likeness (QED) is 0.722. The summed E-state index contributed by atoms with van der Waals surface area (Å²) in [6, 6.07) is 20.4. The summed E-state index contributed by atoms with van der Waals surface area (Å²) >= 11 is 1.47. The molecule has 3 aromatic rings. The molecule has 1 aliphatic heterocycles. The molecule has 5 heteroatoms. The van der Waals surface area contributed by atoms with Crippen LogP contribution in [0.15, 0.2) is 66.9 Å². The molecule has 4 rings (SSSR count). The molecule has 0 unspecified atom stereocenters. The van der Waals surface area contributed by atoms with Gasteiger partial charge >= 0.3 is 0 Å². The summed E-state index contributed by atoms with van der Waals surface area (Å²) < 4.78 is 0. The Kier molecular flexibility index (Phi) is 4.48. The highest BCUT2D eigenvalue weighted by molar-refractivity contribution is 7.16. The summed E-state index contributed by atoms with van der Waals surface area (Å²) in [6.45, 7) is 3.21. The summed E-state index contributed by atoms with van der Waals surface area (Å²) in [5.74, 6) is 0.0902. The summed E-state index contributed by atoms with van der Waals surface area (Å²) in [4.78, 5) is 22.2. The Morgan fingerprint density at radius 1 is 0.880 bits per heavy atom. The Hall–Kier alpha value is -2.66. The third-order valence-corrected chi connectivity index (χ3v) is 5.46. The maximum absolute atomic E-state index is 12.8. The molecule has 0 atom stereocenters. The molecule has 0 aliphatic carbocycles. The number of hydrogen-bond donors (Lipinski definition) is 0. The third-order valence-electron chi connectivity index (χ3n) is 4.43. The number of aromatic nitrogens is 1. The van der Waals surface area contributed by atoms with Gasteiger partial charge in [-0.15, -0.1) is 11.3 Å². The molecule has 0 spiro atoms. The lowest BCUT2D eigenvalue weighted by Crippen LogP contribution is -2.48. The Balaban J connectivity index is 1.42. The number of para-hydroxylation sites is 1. The Morgan fingerprint density at radius 2 is 1.52 bits per heavy atom. The van der Waals surface area contributed by atoms with E-state index in [1.165, 1.54) is 17.0 Å². The van der Waals surface area contributed by atoms with Crippen LogP contribution in [0.2, 0.25) is 0 Å². The first-order valence-electron chi connectivity index (χ1n) is 8.42. The first kappa shape index (κ1) is 15.8. The summed E-state index contributed by atoms with van der Waals surface area (Å²) in [5.41, 5.74) is 2.28. The molecule has 126 valence electrons. The van der Waals surface area contributed by atoms with Crippen LogP contribution in [0.4, 0.5) is 5.69 Å². The highest BCUT2D eigenvalue weighted by atomic mass is 32.1. The fourth-order valence-corrected chi connectivity index (χ4v) is 3.94. The second kappa shape index (κ2) is 7.07. The molecule has 0 saturated carbocycles. The maximum Gasteiger partial charge on any atom is 0.265 e. The number of carbonyl (C=O) groups excluding carboxylic acids is 1. The zero-order chi connectivity index (χ0) is 17.1. The van der Waals surface area contributed by atoms with Gasteiger partial charge in [-0.3, -0.25) is 4.79 Å². The van der Waals surface area contributed by atoms with Gasteiger partial charge in [0.25, 0.3) is 5.91 Å². The van der Waals surface area contributed by atoms with E-state index in [1.54, 1.807) is 6.20 Å². The second-order valence-corrected chi connectivity index (χ2v) is 7.04. The fraction of sp³-hybridized carbons (Fsp3) is 0.200. The summed E-state index contributed by atoms with van der Waals surface area (Å²) in [5, 5.41) is 0.895. The lowest BCUT2D eigenvalue weighted by molar-refractivity contribution is 0.0751. The van der Waals surface area contributed by atoms with Crippen molar-refractivity contribution in [2.45, 2.75) is 0 Å². The van der Waals surface area contributed by atoms with Crippen molar-refractivity contribution in [3.05, 3.63) is 71.7 Å². The van der Waals surface area contributed by atoms with Crippen molar-refractivity contribution in [3.63, 3.8) is 0 Å². The maximum atomic E-state index is 12.8. The van der Waals surface area contributed by atoms with E-state index in [0.29, 0.717) is 4.88 Å². The van der Waals surface area contributed by atoms with E-state index < -0.39 is 0 Å². The molecular formula is C20H19N3OS. The van der Waals surface area contributed by atoms with Gasteiger partial charge in [-0.05, 0) is 12.1 Å². The van der Waals surface area contributed by atoms with Crippen LogP contribution >= 0.6 is 11.3 Å². The van der Waals surface area contributed by atoms with Crippen molar-refractivity contribution in [3.8, 4) is 10.6 Å². The lowest BCUT2D eigenvalue weighted by Gasteiger charge is -2.35. The molecule has 1 saturated heterocycles. The van der Waals surface area contributed by atoms with Gasteiger partial charge in [0.05, 0.1) is 6.20 Å². The van der Waals surface area contributed by atoms with E-state index in [9.17, 15) is 4.79 Å². The van der Waals surface area contributed by atoms with E-state index >= 15 is 0 Å². The first-order valence-corrected chi connectivity index (χ1v) is 9.23. The van der Waals surface area contributed by atoms with Crippen LogP contribution < -0.4 is 4.90 Å². The van der Waals surface area contributed by atoms with Crippen LogP contribution in [0.1, 0.15) is 9.67 Å². The van der Waals surface area contributed by atoms with Gasteiger partial charge in [-0.2, -0.15) is 0 Å². The van der Waals surface area contributed by atoms with Gasteiger partial charge in [-0.1, -0.05) is 48.5 Å². The number of thiazole rings is 1. The predicted molar refractivity (Wildman–Crippen MR) is 102 cm³/mol. The van der Waals surface area contributed by atoms with Gasteiger partial charge in [0.15, 0.2) is 0 Å². The number of hydrogen-bond acceptors (Lipinski definition) is 4. The molecule has 4 nitrogen and oxygen atoms in total. The van der Waals surface area contributed by atoms with E-state index in [2.05, 4.69) is 34.1 Å².